The second-order valence-corrected chi connectivity index (χ2v) is 12.3. The van der Waals surface area contributed by atoms with Gasteiger partial charge < -0.3 is 15.8 Å². The van der Waals surface area contributed by atoms with E-state index >= 15 is 0 Å². The molecule has 0 saturated heterocycles. The number of carbonyl (C=O) groups is 2. The predicted molar refractivity (Wildman–Crippen MR) is 154 cm³/mol. The van der Waals surface area contributed by atoms with E-state index in [2.05, 4.69) is 20.0 Å². The van der Waals surface area contributed by atoms with Crippen molar-refractivity contribution >= 4 is 33.5 Å². The van der Waals surface area contributed by atoms with Crippen LogP contribution < -0.4 is 21.3 Å². The maximum atomic E-state index is 13.2. The van der Waals surface area contributed by atoms with Crippen molar-refractivity contribution in [1.29, 1.82) is 0 Å². The van der Waals surface area contributed by atoms with Crippen LogP contribution in [0.5, 0.6) is 0 Å². The number of ether oxygens (including phenoxy) is 1. The molecule has 2 heterocycles. The summed E-state index contributed by atoms with van der Waals surface area (Å²) in [4.78, 5) is 46.1. The molecule has 216 valence electrons. The third kappa shape index (κ3) is 7.78. The Hall–Kier alpha value is -4.52. The number of amidine groups is 1. The fraction of sp³-hybridized carbons (Fsp3) is 0.321. The normalized spacial score (nSPS) is 15.2. The minimum Gasteiger partial charge on any atom is -0.442 e. The number of amides is 2. The third-order valence-corrected chi connectivity index (χ3v) is 7.36. The highest BCUT2D eigenvalue weighted by Crippen LogP contribution is 2.24. The lowest BCUT2D eigenvalue weighted by Crippen LogP contribution is -2.36. The summed E-state index contributed by atoms with van der Waals surface area (Å²) in [5.41, 5.74) is 6.20. The third-order valence-electron chi connectivity index (χ3n) is 6.11. The van der Waals surface area contributed by atoms with Crippen LogP contribution in [0.1, 0.15) is 55.7 Å². The van der Waals surface area contributed by atoms with Gasteiger partial charge in [0.25, 0.3) is 5.56 Å². The number of rotatable bonds is 8. The number of aryl methyl sites for hydroxylation is 1. The molecule has 1 aliphatic rings. The van der Waals surface area contributed by atoms with Crippen LogP contribution in [0, 0.1) is 0 Å². The van der Waals surface area contributed by atoms with Gasteiger partial charge in [-0.15, -0.1) is 0 Å². The molecule has 12 nitrogen and oxygen atoms in total. The number of aliphatic imine (C=N–C) groups is 1. The van der Waals surface area contributed by atoms with Crippen LogP contribution in [0.25, 0.3) is 0 Å². The van der Waals surface area contributed by atoms with Gasteiger partial charge in [0.1, 0.15) is 29.0 Å². The first-order chi connectivity index (χ1) is 19.3. The number of sulfonamides is 1. The quantitative estimate of drug-likeness (QED) is 0.269. The molecule has 41 heavy (non-hydrogen) atoms. The van der Waals surface area contributed by atoms with E-state index in [1.54, 1.807) is 75.4 Å². The Morgan fingerprint density at radius 2 is 1.78 bits per heavy atom. The zero-order valence-corrected chi connectivity index (χ0v) is 23.8. The maximum Gasteiger partial charge on any atom is 0.436 e. The first-order valence-electron chi connectivity index (χ1n) is 12.9. The number of anilines is 1. The highest BCUT2D eigenvalue weighted by Gasteiger charge is 2.31. The molecule has 0 saturated carbocycles. The van der Waals surface area contributed by atoms with Gasteiger partial charge in [0.15, 0.2) is 0 Å². The molecule has 4 rings (SSSR count). The van der Waals surface area contributed by atoms with Gasteiger partial charge in [-0.2, -0.15) is 4.99 Å². The Labute approximate surface area is 237 Å². The molecule has 1 aliphatic heterocycles. The van der Waals surface area contributed by atoms with Gasteiger partial charge in [0.2, 0.25) is 15.9 Å². The smallest absolute Gasteiger partial charge is 0.436 e. The lowest BCUT2D eigenvalue weighted by molar-refractivity contribution is -0.124. The summed E-state index contributed by atoms with van der Waals surface area (Å²) in [6.45, 7) is 5.35. The number of fused-ring (bicyclic) bond motifs is 1. The van der Waals surface area contributed by atoms with E-state index < -0.39 is 39.2 Å². The van der Waals surface area contributed by atoms with Crippen molar-refractivity contribution in [1.82, 2.24) is 14.9 Å². The van der Waals surface area contributed by atoms with Crippen LogP contribution in [0.2, 0.25) is 0 Å². The number of aromatic nitrogens is 2. The van der Waals surface area contributed by atoms with Crippen LogP contribution >= 0.6 is 0 Å². The molecule has 0 aliphatic carbocycles. The highest BCUT2D eigenvalue weighted by molar-refractivity contribution is 7.91. The van der Waals surface area contributed by atoms with Crippen molar-refractivity contribution in [3.05, 3.63) is 93.7 Å². The fourth-order valence-corrected chi connectivity index (χ4v) is 5.45. The Balaban J connectivity index is 1.40. The molecule has 2 aromatic carbocycles. The topological polar surface area (TPSA) is 175 Å². The number of hydrogen-bond acceptors (Lipinski definition) is 7. The molecule has 2 amide bonds. The summed E-state index contributed by atoms with van der Waals surface area (Å²) in [7, 11) is -3.88. The zero-order valence-electron chi connectivity index (χ0n) is 23.0. The summed E-state index contributed by atoms with van der Waals surface area (Å²) in [6, 6.07) is 14.5. The van der Waals surface area contributed by atoms with Gasteiger partial charge in [-0.1, -0.05) is 54.6 Å². The summed E-state index contributed by atoms with van der Waals surface area (Å²) >= 11 is 0. The first-order valence-corrected chi connectivity index (χ1v) is 14.6. The number of carbonyl (C=O) groups excluding carboxylic acids is 2. The Bertz CT molecular complexity index is 1630. The van der Waals surface area contributed by atoms with Crippen LogP contribution in [0.15, 0.2) is 70.6 Å². The van der Waals surface area contributed by atoms with Crippen LogP contribution in [0.3, 0.4) is 0 Å². The minimum absolute atomic E-state index is 0.000491. The monoisotopic (exact) mass is 580 g/mol. The maximum absolute atomic E-state index is 13.2. The molecule has 3 aromatic rings. The first kappa shape index (κ1) is 29.5. The standard InChI is InChI=1S/C28H32N6O6S/c1-28(2,3)40-27(37)32-24(29)20-11-9-18(10-12-20)15-31-25(35)22-13-14-23-30-16-21(26(36)34(22)23)33-41(38,39)17-19-7-5-4-6-8-19/h4-12,16,22,33H,13-15,17H2,1-3H3,(H,31,35)(H2,29,32,37). The van der Waals surface area contributed by atoms with Crippen molar-refractivity contribution < 1.29 is 22.7 Å². The molecular formula is C28H32N6O6S. The molecule has 1 aromatic heterocycles. The number of benzene rings is 2. The molecule has 0 spiro atoms. The second-order valence-electron chi connectivity index (χ2n) is 10.6. The molecular weight excluding hydrogens is 548 g/mol. The number of nitrogens with one attached hydrogen (secondary N) is 2. The molecule has 1 atom stereocenters. The van der Waals surface area contributed by atoms with Crippen molar-refractivity contribution in [3.63, 3.8) is 0 Å². The average molecular weight is 581 g/mol. The molecule has 0 bridgehead atoms. The lowest BCUT2D eigenvalue weighted by atomic mass is 10.1. The fourth-order valence-electron chi connectivity index (χ4n) is 4.27. The summed E-state index contributed by atoms with van der Waals surface area (Å²) < 4.78 is 34.0. The average Bonchev–Trinajstić information content (AvgIpc) is 3.33. The van der Waals surface area contributed by atoms with Crippen LogP contribution in [-0.4, -0.2) is 41.4 Å². The van der Waals surface area contributed by atoms with E-state index in [-0.39, 0.29) is 23.8 Å². The number of hydrogen-bond donors (Lipinski definition) is 3. The summed E-state index contributed by atoms with van der Waals surface area (Å²) in [5.74, 6) is -0.298. The summed E-state index contributed by atoms with van der Waals surface area (Å²) in [5, 5.41) is 2.82. The predicted octanol–water partition coefficient (Wildman–Crippen LogP) is 2.63. The van der Waals surface area contributed by atoms with Gasteiger partial charge in [-0.05, 0) is 38.3 Å². The summed E-state index contributed by atoms with van der Waals surface area (Å²) in [6.07, 6.45) is 1.15. The minimum atomic E-state index is -3.88. The lowest BCUT2D eigenvalue weighted by Gasteiger charge is -2.17. The molecule has 1 unspecified atom stereocenters. The second kappa shape index (κ2) is 11.9. The highest BCUT2D eigenvalue weighted by atomic mass is 32.2. The van der Waals surface area contributed by atoms with Crippen molar-refractivity contribution in [3.8, 4) is 0 Å². The van der Waals surface area contributed by atoms with Gasteiger partial charge >= 0.3 is 6.09 Å². The Kier molecular flexibility index (Phi) is 8.57. The van der Waals surface area contributed by atoms with E-state index in [1.807, 2.05) is 0 Å². The number of nitrogens with zero attached hydrogens (tertiary/aromatic N) is 3. The van der Waals surface area contributed by atoms with E-state index in [1.165, 1.54) is 10.8 Å². The largest absolute Gasteiger partial charge is 0.442 e. The van der Waals surface area contributed by atoms with Crippen molar-refractivity contribution in [2.45, 2.75) is 57.6 Å². The number of nitrogens with two attached hydrogens (primary N) is 1. The van der Waals surface area contributed by atoms with Crippen LogP contribution in [0.4, 0.5) is 10.5 Å². The van der Waals surface area contributed by atoms with E-state index in [0.717, 1.165) is 5.56 Å². The van der Waals surface area contributed by atoms with Gasteiger partial charge in [0, 0.05) is 18.5 Å². The molecule has 4 N–H and O–H groups in total. The van der Waals surface area contributed by atoms with Gasteiger partial charge in [-0.25, -0.2) is 18.2 Å². The Morgan fingerprint density at radius 1 is 1.10 bits per heavy atom. The molecule has 0 fully saturated rings. The van der Waals surface area contributed by atoms with Crippen molar-refractivity contribution in [2.24, 2.45) is 10.7 Å². The van der Waals surface area contributed by atoms with Crippen molar-refractivity contribution in [2.75, 3.05) is 4.72 Å². The zero-order chi connectivity index (χ0) is 29.8. The molecule has 0 radical (unpaired) electrons. The van der Waals surface area contributed by atoms with E-state index in [4.69, 9.17) is 10.5 Å². The Morgan fingerprint density at radius 3 is 2.44 bits per heavy atom. The molecule has 13 heteroatoms. The van der Waals surface area contributed by atoms with E-state index in [0.29, 0.717) is 29.8 Å². The SMILES string of the molecule is CC(C)(C)OC(=O)/N=C(\N)c1ccc(CNC(=O)C2CCc3ncc(NS(=O)(=O)Cc4ccccc4)c(=O)n32)cc1. The van der Waals surface area contributed by atoms with Gasteiger partial charge in [-0.3, -0.25) is 18.9 Å². The van der Waals surface area contributed by atoms with Gasteiger partial charge in [0.05, 0.1) is 11.9 Å². The van der Waals surface area contributed by atoms with E-state index in [9.17, 15) is 22.8 Å². The van der Waals surface area contributed by atoms with Crippen LogP contribution in [-0.2, 0) is 38.3 Å².